The number of imidazole rings is 1. The molecule has 3 aromatic carbocycles. The summed E-state index contributed by atoms with van der Waals surface area (Å²) in [6.07, 6.45) is 2.79. The Morgan fingerprint density at radius 1 is 0.784 bits per heavy atom. The summed E-state index contributed by atoms with van der Waals surface area (Å²) in [6.45, 7) is 1.77. The molecule has 0 radical (unpaired) electrons. The minimum absolute atomic E-state index is 0.266. The second kappa shape index (κ2) is 10.2. The number of para-hydroxylation sites is 3. The van der Waals surface area contributed by atoms with Crippen molar-refractivity contribution in [1.29, 1.82) is 0 Å². The Bertz CT molecular complexity index is 1670. The van der Waals surface area contributed by atoms with Crippen LogP contribution in [0.4, 0.5) is 0 Å². The van der Waals surface area contributed by atoms with Gasteiger partial charge < -0.3 is 20.0 Å². The second-order valence-corrected chi connectivity index (χ2v) is 8.88. The summed E-state index contributed by atoms with van der Waals surface area (Å²) in [7, 11) is 0. The van der Waals surface area contributed by atoms with E-state index < -0.39 is 0 Å². The molecule has 3 aromatic heterocycles. The van der Waals surface area contributed by atoms with Gasteiger partial charge in [-0.1, -0.05) is 54.6 Å². The number of pyridine rings is 1. The zero-order valence-corrected chi connectivity index (χ0v) is 20.2. The number of rotatable bonds is 9. The molecule has 0 saturated heterocycles. The Labute approximate surface area is 213 Å². The highest BCUT2D eigenvalue weighted by Crippen LogP contribution is 2.26. The standard InChI is InChI=1S/C29H26N6O2/c36-29(31-17-25-21-9-2-1-7-19(21)20-8-3-4-10-22(20)32-25)26-18-37-28(35-26)14-16-30-15-13-27-33-23-11-5-6-12-24(23)34-27/h1-12,18,30H,13-17H2,(H,31,36)(H,33,34). The normalized spacial score (nSPS) is 11.5. The Balaban J connectivity index is 1.02. The van der Waals surface area contributed by atoms with Crippen LogP contribution < -0.4 is 10.6 Å². The third-order valence-corrected chi connectivity index (χ3v) is 6.38. The lowest BCUT2D eigenvalue weighted by Crippen LogP contribution is -2.24. The molecule has 6 rings (SSSR count). The van der Waals surface area contributed by atoms with Gasteiger partial charge in [0, 0.05) is 36.7 Å². The van der Waals surface area contributed by atoms with Gasteiger partial charge in [-0.05, 0) is 23.6 Å². The average molecular weight is 491 g/mol. The highest BCUT2D eigenvalue weighted by atomic mass is 16.3. The van der Waals surface area contributed by atoms with Crippen molar-refractivity contribution < 1.29 is 9.21 Å². The Morgan fingerprint density at radius 2 is 1.51 bits per heavy atom. The molecule has 0 aliphatic rings. The van der Waals surface area contributed by atoms with E-state index in [9.17, 15) is 4.79 Å². The van der Waals surface area contributed by atoms with Crippen molar-refractivity contribution >= 4 is 38.6 Å². The SMILES string of the molecule is O=C(NCc1nc2ccccc2c2ccccc12)c1coc(CCNCCc2nc3ccccc3[nH]2)n1. The molecule has 37 heavy (non-hydrogen) atoms. The molecule has 184 valence electrons. The van der Waals surface area contributed by atoms with Crippen LogP contribution in [0.2, 0.25) is 0 Å². The van der Waals surface area contributed by atoms with Crippen molar-refractivity contribution in [2.24, 2.45) is 0 Å². The lowest BCUT2D eigenvalue weighted by molar-refractivity contribution is 0.0945. The molecule has 0 bridgehead atoms. The molecule has 8 heteroatoms. The van der Waals surface area contributed by atoms with Crippen LogP contribution in [0.15, 0.2) is 83.5 Å². The Kier molecular flexibility index (Phi) is 6.31. The fourth-order valence-electron chi connectivity index (χ4n) is 4.54. The number of carbonyl (C=O) groups is 1. The number of H-pyrrole nitrogens is 1. The molecular weight excluding hydrogens is 464 g/mol. The maximum atomic E-state index is 12.8. The molecule has 0 saturated carbocycles. The number of aromatic nitrogens is 4. The number of nitrogens with one attached hydrogen (secondary N) is 3. The number of aromatic amines is 1. The summed E-state index contributed by atoms with van der Waals surface area (Å²) in [6, 6.07) is 24.2. The third kappa shape index (κ3) is 4.92. The van der Waals surface area contributed by atoms with Gasteiger partial charge in [0.2, 0.25) is 0 Å². The zero-order valence-electron chi connectivity index (χ0n) is 20.2. The van der Waals surface area contributed by atoms with E-state index in [0.29, 0.717) is 25.4 Å². The van der Waals surface area contributed by atoms with Crippen molar-refractivity contribution in [3.8, 4) is 0 Å². The number of oxazole rings is 1. The maximum absolute atomic E-state index is 12.8. The van der Waals surface area contributed by atoms with E-state index in [1.54, 1.807) is 0 Å². The van der Waals surface area contributed by atoms with E-state index in [1.165, 1.54) is 6.26 Å². The first kappa shape index (κ1) is 22.9. The van der Waals surface area contributed by atoms with E-state index >= 15 is 0 Å². The minimum atomic E-state index is -0.285. The first-order valence-corrected chi connectivity index (χ1v) is 12.4. The topological polar surface area (TPSA) is 109 Å². The molecule has 1 amide bonds. The van der Waals surface area contributed by atoms with Crippen molar-refractivity contribution in [3.63, 3.8) is 0 Å². The summed E-state index contributed by atoms with van der Waals surface area (Å²) < 4.78 is 5.52. The van der Waals surface area contributed by atoms with Crippen LogP contribution in [-0.4, -0.2) is 38.9 Å². The number of hydrogen-bond donors (Lipinski definition) is 3. The maximum Gasteiger partial charge on any atom is 0.273 e. The zero-order chi connectivity index (χ0) is 25.0. The number of amides is 1. The van der Waals surface area contributed by atoms with Gasteiger partial charge >= 0.3 is 0 Å². The second-order valence-electron chi connectivity index (χ2n) is 8.88. The van der Waals surface area contributed by atoms with Crippen LogP contribution in [0, 0.1) is 0 Å². The van der Waals surface area contributed by atoms with Gasteiger partial charge in [-0.25, -0.2) is 9.97 Å². The van der Waals surface area contributed by atoms with Gasteiger partial charge in [-0.15, -0.1) is 0 Å². The number of nitrogens with zero attached hydrogens (tertiary/aromatic N) is 3. The quantitative estimate of drug-likeness (QED) is 0.203. The van der Waals surface area contributed by atoms with E-state index in [0.717, 1.165) is 57.2 Å². The number of benzene rings is 3. The summed E-state index contributed by atoms with van der Waals surface area (Å²) in [4.78, 5) is 29.8. The van der Waals surface area contributed by atoms with Crippen LogP contribution in [0.3, 0.4) is 0 Å². The highest BCUT2D eigenvalue weighted by molar-refractivity contribution is 6.06. The molecule has 0 unspecified atom stereocenters. The average Bonchev–Trinajstić information content (AvgIpc) is 3.58. The lowest BCUT2D eigenvalue weighted by atomic mass is 10.0. The molecule has 3 heterocycles. The molecule has 6 aromatic rings. The summed E-state index contributed by atoms with van der Waals surface area (Å²) in [5, 5.41) is 9.56. The molecule has 0 spiro atoms. The molecular formula is C29H26N6O2. The molecule has 0 atom stereocenters. The minimum Gasteiger partial charge on any atom is -0.448 e. The van der Waals surface area contributed by atoms with Crippen molar-refractivity contribution in [2.45, 2.75) is 19.4 Å². The van der Waals surface area contributed by atoms with Crippen molar-refractivity contribution in [1.82, 2.24) is 30.6 Å². The van der Waals surface area contributed by atoms with E-state index in [4.69, 9.17) is 9.40 Å². The lowest BCUT2D eigenvalue weighted by Gasteiger charge is -2.10. The largest absolute Gasteiger partial charge is 0.448 e. The van der Waals surface area contributed by atoms with E-state index in [2.05, 4.69) is 37.7 Å². The predicted octanol–water partition coefficient (Wildman–Crippen LogP) is 4.56. The van der Waals surface area contributed by atoms with Gasteiger partial charge in [0.05, 0.1) is 28.8 Å². The smallest absolute Gasteiger partial charge is 0.273 e. The van der Waals surface area contributed by atoms with Crippen LogP contribution in [0.25, 0.3) is 32.7 Å². The monoisotopic (exact) mass is 490 g/mol. The van der Waals surface area contributed by atoms with Gasteiger partial charge in [0.25, 0.3) is 5.91 Å². The molecule has 0 fully saturated rings. The van der Waals surface area contributed by atoms with Crippen LogP contribution in [-0.2, 0) is 19.4 Å². The van der Waals surface area contributed by atoms with Crippen LogP contribution in [0.1, 0.15) is 27.9 Å². The first-order chi connectivity index (χ1) is 18.2. The van der Waals surface area contributed by atoms with E-state index in [1.807, 2.05) is 60.7 Å². The fourth-order valence-corrected chi connectivity index (χ4v) is 4.54. The van der Waals surface area contributed by atoms with Crippen molar-refractivity contribution in [3.05, 3.63) is 102 Å². The van der Waals surface area contributed by atoms with Crippen LogP contribution >= 0.6 is 0 Å². The van der Waals surface area contributed by atoms with E-state index in [-0.39, 0.29) is 11.6 Å². The summed E-state index contributed by atoms with van der Waals surface area (Å²) in [5.74, 6) is 1.19. The molecule has 0 aliphatic heterocycles. The van der Waals surface area contributed by atoms with Crippen LogP contribution in [0.5, 0.6) is 0 Å². The summed E-state index contributed by atoms with van der Waals surface area (Å²) >= 11 is 0. The Morgan fingerprint density at radius 3 is 2.38 bits per heavy atom. The van der Waals surface area contributed by atoms with Crippen molar-refractivity contribution in [2.75, 3.05) is 13.1 Å². The van der Waals surface area contributed by atoms with Gasteiger partial charge in [-0.3, -0.25) is 9.78 Å². The third-order valence-electron chi connectivity index (χ3n) is 6.38. The number of carbonyl (C=O) groups excluding carboxylic acids is 1. The van der Waals surface area contributed by atoms with Gasteiger partial charge in [0.1, 0.15) is 12.1 Å². The predicted molar refractivity (Wildman–Crippen MR) is 143 cm³/mol. The molecule has 0 aliphatic carbocycles. The molecule has 8 nitrogen and oxygen atoms in total. The molecule has 3 N–H and O–H groups in total. The van der Waals surface area contributed by atoms with Gasteiger partial charge in [-0.2, -0.15) is 0 Å². The first-order valence-electron chi connectivity index (χ1n) is 12.4. The Hall–Kier alpha value is -4.56. The number of fused-ring (bicyclic) bond motifs is 4. The highest BCUT2D eigenvalue weighted by Gasteiger charge is 2.14. The summed E-state index contributed by atoms with van der Waals surface area (Å²) in [5.41, 5.74) is 4.02. The van der Waals surface area contributed by atoms with Gasteiger partial charge in [0.15, 0.2) is 11.6 Å². The number of hydrogen-bond acceptors (Lipinski definition) is 6. The fraction of sp³-hybridized carbons (Fsp3) is 0.172.